The summed E-state index contributed by atoms with van der Waals surface area (Å²) in [5.41, 5.74) is 0.223. The fourth-order valence-corrected chi connectivity index (χ4v) is 4.16. The molecule has 0 N–H and O–H groups in total. The summed E-state index contributed by atoms with van der Waals surface area (Å²) in [4.78, 5) is 10.1. The average molecular weight is 385 g/mol. The van der Waals surface area contributed by atoms with E-state index >= 15 is 0 Å². The van der Waals surface area contributed by atoms with Gasteiger partial charge in [-0.05, 0) is 41.1 Å². The van der Waals surface area contributed by atoms with Gasteiger partial charge in [-0.3, -0.25) is 14.4 Å². The van der Waals surface area contributed by atoms with Crippen LogP contribution in [-0.4, -0.2) is 19.9 Å². The minimum atomic E-state index is -3.88. The Morgan fingerprint density at radius 1 is 1.18 bits per heavy atom. The second-order valence-corrected chi connectivity index (χ2v) is 7.09. The van der Waals surface area contributed by atoms with Gasteiger partial charge in [0.15, 0.2) is 0 Å². The number of para-hydroxylation sites is 1. The van der Waals surface area contributed by atoms with Crippen LogP contribution in [0.3, 0.4) is 0 Å². The van der Waals surface area contributed by atoms with Crippen LogP contribution in [0.15, 0.2) is 57.9 Å². The molecule has 0 aliphatic heterocycles. The molecule has 8 heteroatoms. The van der Waals surface area contributed by atoms with Gasteiger partial charge >= 0.3 is 0 Å². The van der Waals surface area contributed by atoms with Crippen molar-refractivity contribution in [3.63, 3.8) is 0 Å². The van der Waals surface area contributed by atoms with E-state index < -0.39 is 14.9 Å². The van der Waals surface area contributed by atoms with E-state index in [9.17, 15) is 18.5 Å². The summed E-state index contributed by atoms with van der Waals surface area (Å²) >= 11 is 3.33. The van der Waals surface area contributed by atoms with Crippen LogP contribution < -0.4 is 4.31 Å². The van der Waals surface area contributed by atoms with Crippen LogP contribution in [0.2, 0.25) is 0 Å². The topological polar surface area (TPSA) is 80.5 Å². The molecule has 2 rings (SSSR count). The van der Waals surface area contributed by atoms with Gasteiger partial charge in [0.05, 0.1) is 15.5 Å². The molecule has 116 valence electrons. The standard InChI is InChI=1S/C14H13BrN2O4S/c1-2-16(14-9-4-3-8-13(14)15)22(20,21)12-7-5-6-11(10-12)17(18)19/h3-10H,2H2,1H3. The van der Waals surface area contributed by atoms with Crippen molar-refractivity contribution in [2.45, 2.75) is 11.8 Å². The Balaban J connectivity index is 2.55. The lowest BCUT2D eigenvalue weighted by molar-refractivity contribution is -0.385. The van der Waals surface area contributed by atoms with E-state index in [4.69, 9.17) is 0 Å². The number of rotatable bonds is 5. The van der Waals surface area contributed by atoms with Crippen molar-refractivity contribution in [2.75, 3.05) is 10.8 Å². The van der Waals surface area contributed by atoms with Gasteiger partial charge in [0.25, 0.3) is 15.7 Å². The number of benzene rings is 2. The summed E-state index contributed by atoms with van der Waals surface area (Å²) in [6.45, 7) is 1.90. The quantitative estimate of drug-likeness (QED) is 0.582. The van der Waals surface area contributed by atoms with E-state index in [1.54, 1.807) is 31.2 Å². The molecule has 0 heterocycles. The SMILES string of the molecule is CCN(c1ccccc1Br)S(=O)(=O)c1cccc([N+](=O)[O-])c1. The molecular formula is C14H13BrN2O4S. The molecule has 0 saturated carbocycles. The third kappa shape index (κ3) is 3.12. The second-order valence-electron chi connectivity index (χ2n) is 4.38. The summed E-state index contributed by atoms with van der Waals surface area (Å²) in [7, 11) is -3.88. The number of sulfonamides is 1. The van der Waals surface area contributed by atoms with E-state index in [0.29, 0.717) is 10.2 Å². The van der Waals surface area contributed by atoms with Crippen molar-refractivity contribution >= 4 is 37.3 Å². The highest BCUT2D eigenvalue weighted by atomic mass is 79.9. The first kappa shape index (κ1) is 16.4. The zero-order valence-corrected chi connectivity index (χ0v) is 14.0. The van der Waals surface area contributed by atoms with Crippen LogP contribution in [-0.2, 0) is 10.0 Å². The number of nitro benzene ring substituents is 1. The summed E-state index contributed by atoms with van der Waals surface area (Å²) in [5, 5.41) is 10.8. The van der Waals surface area contributed by atoms with E-state index in [-0.39, 0.29) is 17.1 Å². The molecule has 0 aliphatic rings. The van der Waals surface area contributed by atoms with Crippen molar-refractivity contribution in [3.05, 3.63) is 63.1 Å². The second kappa shape index (κ2) is 6.45. The largest absolute Gasteiger partial charge is 0.270 e. The molecule has 22 heavy (non-hydrogen) atoms. The molecule has 0 saturated heterocycles. The summed E-state index contributed by atoms with van der Waals surface area (Å²) < 4.78 is 27.4. The van der Waals surface area contributed by atoms with Gasteiger partial charge in [0, 0.05) is 23.2 Å². The van der Waals surface area contributed by atoms with E-state index in [1.807, 2.05) is 0 Å². The summed E-state index contributed by atoms with van der Waals surface area (Å²) in [6, 6.07) is 11.9. The molecule has 0 spiro atoms. The van der Waals surface area contributed by atoms with Crippen molar-refractivity contribution < 1.29 is 13.3 Å². The van der Waals surface area contributed by atoms with E-state index in [1.165, 1.54) is 22.5 Å². The Morgan fingerprint density at radius 2 is 1.86 bits per heavy atom. The van der Waals surface area contributed by atoms with Gasteiger partial charge in [-0.15, -0.1) is 0 Å². The zero-order chi connectivity index (χ0) is 16.3. The predicted octanol–water partition coefficient (Wildman–Crippen LogP) is 3.57. The maximum absolute atomic E-state index is 12.8. The predicted molar refractivity (Wildman–Crippen MR) is 87.4 cm³/mol. The highest BCUT2D eigenvalue weighted by molar-refractivity contribution is 9.10. The lowest BCUT2D eigenvalue weighted by atomic mass is 10.3. The number of nitro groups is 1. The molecule has 0 fully saturated rings. The molecule has 0 unspecified atom stereocenters. The average Bonchev–Trinajstić information content (AvgIpc) is 2.50. The van der Waals surface area contributed by atoms with Crippen molar-refractivity contribution in [1.29, 1.82) is 0 Å². The number of anilines is 1. The van der Waals surface area contributed by atoms with Crippen molar-refractivity contribution in [1.82, 2.24) is 0 Å². The molecule has 0 aliphatic carbocycles. The normalized spacial score (nSPS) is 11.2. The fraction of sp³-hybridized carbons (Fsp3) is 0.143. The van der Waals surface area contributed by atoms with Gasteiger partial charge in [-0.25, -0.2) is 8.42 Å². The first-order chi connectivity index (χ1) is 10.4. The van der Waals surface area contributed by atoms with Crippen molar-refractivity contribution in [3.8, 4) is 0 Å². The molecular weight excluding hydrogens is 372 g/mol. The lowest BCUT2D eigenvalue weighted by Gasteiger charge is -2.23. The van der Waals surface area contributed by atoms with E-state index in [0.717, 1.165) is 6.07 Å². The van der Waals surface area contributed by atoms with Crippen LogP contribution in [0.25, 0.3) is 0 Å². The van der Waals surface area contributed by atoms with Crippen LogP contribution >= 0.6 is 15.9 Å². The molecule has 0 aromatic heterocycles. The van der Waals surface area contributed by atoms with Gasteiger partial charge in [-0.1, -0.05) is 18.2 Å². The maximum Gasteiger partial charge on any atom is 0.270 e. The highest BCUT2D eigenvalue weighted by Gasteiger charge is 2.26. The van der Waals surface area contributed by atoms with E-state index in [2.05, 4.69) is 15.9 Å². The molecule has 6 nitrogen and oxygen atoms in total. The van der Waals surface area contributed by atoms with Crippen molar-refractivity contribution in [2.24, 2.45) is 0 Å². The summed E-state index contributed by atoms with van der Waals surface area (Å²) in [6.07, 6.45) is 0. The maximum atomic E-state index is 12.8. The lowest BCUT2D eigenvalue weighted by Crippen LogP contribution is -2.31. The van der Waals surface area contributed by atoms with Gasteiger partial charge < -0.3 is 0 Å². The Hall–Kier alpha value is -1.93. The number of hydrogen-bond donors (Lipinski definition) is 0. The first-order valence-electron chi connectivity index (χ1n) is 6.39. The third-order valence-corrected chi connectivity index (χ3v) is 5.58. The Kier molecular flexibility index (Phi) is 4.82. The summed E-state index contributed by atoms with van der Waals surface area (Å²) in [5.74, 6) is 0. The third-order valence-electron chi connectivity index (χ3n) is 3.02. The highest BCUT2D eigenvalue weighted by Crippen LogP contribution is 2.31. The van der Waals surface area contributed by atoms with Gasteiger partial charge in [-0.2, -0.15) is 0 Å². The minimum absolute atomic E-state index is 0.112. The smallest absolute Gasteiger partial charge is 0.265 e. The monoisotopic (exact) mass is 384 g/mol. The molecule has 2 aromatic rings. The number of halogens is 1. The number of nitrogens with zero attached hydrogens (tertiary/aromatic N) is 2. The molecule has 2 aromatic carbocycles. The van der Waals surface area contributed by atoms with Crippen LogP contribution in [0, 0.1) is 10.1 Å². The Morgan fingerprint density at radius 3 is 2.45 bits per heavy atom. The van der Waals surface area contributed by atoms with Gasteiger partial charge in [0.1, 0.15) is 0 Å². The number of hydrogen-bond acceptors (Lipinski definition) is 4. The van der Waals surface area contributed by atoms with Crippen LogP contribution in [0.4, 0.5) is 11.4 Å². The van der Waals surface area contributed by atoms with Crippen LogP contribution in [0.1, 0.15) is 6.92 Å². The minimum Gasteiger partial charge on any atom is -0.265 e. The van der Waals surface area contributed by atoms with Crippen LogP contribution in [0.5, 0.6) is 0 Å². The Labute approximate surface area is 136 Å². The molecule has 0 radical (unpaired) electrons. The first-order valence-corrected chi connectivity index (χ1v) is 8.63. The number of non-ortho nitro benzene ring substituents is 1. The zero-order valence-electron chi connectivity index (χ0n) is 11.6. The molecule has 0 bridgehead atoms. The molecule has 0 amide bonds. The molecule has 0 atom stereocenters. The fourth-order valence-electron chi connectivity index (χ4n) is 2.01. The Bertz CT molecular complexity index is 808. The van der Waals surface area contributed by atoms with Gasteiger partial charge in [0.2, 0.25) is 0 Å².